The first-order chi connectivity index (χ1) is 13.6. The van der Waals surface area contributed by atoms with Crippen LogP contribution < -0.4 is 9.47 Å². The fraction of sp³-hybridized carbons (Fsp3) is 0.350. The number of aromatic nitrogens is 3. The summed E-state index contributed by atoms with van der Waals surface area (Å²) >= 11 is 1.49. The lowest BCUT2D eigenvalue weighted by Gasteiger charge is -2.11. The molecule has 2 aromatic heterocycles. The van der Waals surface area contributed by atoms with E-state index in [1.807, 2.05) is 18.6 Å². The Morgan fingerprint density at radius 1 is 1.29 bits per heavy atom. The van der Waals surface area contributed by atoms with Gasteiger partial charge in [0.1, 0.15) is 11.6 Å². The molecule has 3 rings (SSSR count). The summed E-state index contributed by atoms with van der Waals surface area (Å²) in [7, 11) is 3.40. The first kappa shape index (κ1) is 19.9. The molecule has 0 fully saturated rings. The summed E-state index contributed by atoms with van der Waals surface area (Å²) in [4.78, 5) is 16.9. The molecule has 0 spiro atoms. The number of thiazole rings is 1. The highest BCUT2D eigenvalue weighted by atomic mass is 32.1. The maximum Gasteiger partial charge on any atom is 0.338 e. The maximum absolute atomic E-state index is 12.4. The largest absolute Gasteiger partial charge is 0.493 e. The van der Waals surface area contributed by atoms with Crippen molar-refractivity contribution in [2.75, 3.05) is 13.7 Å². The zero-order chi connectivity index (χ0) is 19.9. The Kier molecular flexibility index (Phi) is 6.65. The standard InChI is InChI=1S/C20H23N3O4S/c1-4-5-8-26-17-7-6-14(9-18(17)25-3)20(24)27-12-16-13-28-19(22-16)15-10-21-23(2)11-15/h6-7,9-11,13H,4-5,8,12H2,1-3H3. The Bertz CT molecular complexity index is 935. The number of hydrogen-bond acceptors (Lipinski definition) is 7. The van der Waals surface area contributed by atoms with Gasteiger partial charge in [-0.25, -0.2) is 9.78 Å². The Morgan fingerprint density at radius 3 is 2.86 bits per heavy atom. The summed E-state index contributed by atoms with van der Waals surface area (Å²) in [6.45, 7) is 2.81. The van der Waals surface area contributed by atoms with Crippen LogP contribution in [-0.4, -0.2) is 34.5 Å². The Labute approximate surface area is 167 Å². The highest BCUT2D eigenvalue weighted by Crippen LogP contribution is 2.29. The van der Waals surface area contributed by atoms with Gasteiger partial charge in [-0.3, -0.25) is 4.68 Å². The monoisotopic (exact) mass is 401 g/mol. The molecule has 0 atom stereocenters. The van der Waals surface area contributed by atoms with E-state index in [9.17, 15) is 4.79 Å². The third-order valence-corrected chi connectivity index (χ3v) is 4.95. The predicted octanol–water partition coefficient (Wildman–Crippen LogP) is 4.09. The second kappa shape index (κ2) is 9.36. The number of methoxy groups -OCH3 is 1. The number of nitrogens with zero attached hydrogens (tertiary/aromatic N) is 3. The van der Waals surface area contributed by atoms with Crippen LogP contribution >= 0.6 is 11.3 Å². The lowest BCUT2D eigenvalue weighted by Crippen LogP contribution is -2.06. The first-order valence-electron chi connectivity index (χ1n) is 9.02. The van der Waals surface area contributed by atoms with Crippen LogP contribution in [0.15, 0.2) is 36.0 Å². The van der Waals surface area contributed by atoms with Gasteiger partial charge >= 0.3 is 5.97 Å². The number of carbonyl (C=O) groups is 1. The topological polar surface area (TPSA) is 75.5 Å². The molecule has 0 saturated carbocycles. The van der Waals surface area contributed by atoms with Crippen molar-refractivity contribution in [1.82, 2.24) is 14.8 Å². The summed E-state index contributed by atoms with van der Waals surface area (Å²) < 4.78 is 18.1. The number of esters is 1. The summed E-state index contributed by atoms with van der Waals surface area (Å²) in [5, 5.41) is 6.86. The summed E-state index contributed by atoms with van der Waals surface area (Å²) in [6.07, 6.45) is 5.66. The molecule has 0 N–H and O–H groups in total. The third-order valence-electron chi connectivity index (χ3n) is 4.01. The van der Waals surface area contributed by atoms with E-state index in [1.54, 1.807) is 36.2 Å². The number of unbranched alkanes of at least 4 members (excludes halogenated alkanes) is 1. The molecule has 3 aromatic rings. The molecule has 0 saturated heterocycles. The van der Waals surface area contributed by atoms with Crippen LogP contribution in [0.2, 0.25) is 0 Å². The van der Waals surface area contributed by atoms with E-state index >= 15 is 0 Å². The molecule has 0 aliphatic carbocycles. The SMILES string of the molecule is CCCCOc1ccc(C(=O)OCc2csc(-c3cnn(C)c3)n2)cc1OC. The second-order valence-corrected chi connectivity index (χ2v) is 7.05. The lowest BCUT2D eigenvalue weighted by atomic mass is 10.2. The van der Waals surface area contributed by atoms with Gasteiger partial charge in [0.2, 0.25) is 0 Å². The minimum atomic E-state index is -0.436. The van der Waals surface area contributed by atoms with E-state index in [4.69, 9.17) is 14.2 Å². The molecular formula is C20H23N3O4S. The van der Waals surface area contributed by atoms with Crippen LogP contribution in [0.4, 0.5) is 0 Å². The van der Waals surface area contributed by atoms with E-state index in [1.165, 1.54) is 11.3 Å². The second-order valence-electron chi connectivity index (χ2n) is 6.19. The normalized spacial score (nSPS) is 10.7. The fourth-order valence-electron chi connectivity index (χ4n) is 2.50. The number of ether oxygens (including phenoxy) is 3. The van der Waals surface area contributed by atoms with Crippen molar-refractivity contribution in [3.8, 4) is 22.1 Å². The van der Waals surface area contributed by atoms with Gasteiger partial charge in [0.05, 0.1) is 31.2 Å². The number of benzene rings is 1. The minimum Gasteiger partial charge on any atom is -0.493 e. The summed E-state index contributed by atoms with van der Waals surface area (Å²) in [5.41, 5.74) is 2.04. The van der Waals surface area contributed by atoms with Gasteiger partial charge in [-0.15, -0.1) is 11.3 Å². The molecule has 148 valence electrons. The van der Waals surface area contributed by atoms with Crippen molar-refractivity contribution in [1.29, 1.82) is 0 Å². The van der Waals surface area contributed by atoms with Gasteiger partial charge < -0.3 is 14.2 Å². The van der Waals surface area contributed by atoms with Crippen molar-refractivity contribution in [2.45, 2.75) is 26.4 Å². The van der Waals surface area contributed by atoms with Crippen molar-refractivity contribution in [3.05, 3.63) is 47.2 Å². The Balaban J connectivity index is 1.61. The average Bonchev–Trinajstić information content (AvgIpc) is 3.35. The molecule has 7 nitrogen and oxygen atoms in total. The first-order valence-corrected chi connectivity index (χ1v) is 9.90. The van der Waals surface area contributed by atoms with E-state index in [-0.39, 0.29) is 6.61 Å². The number of rotatable bonds is 9. The molecule has 28 heavy (non-hydrogen) atoms. The van der Waals surface area contributed by atoms with Gasteiger partial charge in [-0.2, -0.15) is 5.10 Å². The van der Waals surface area contributed by atoms with Crippen molar-refractivity contribution in [3.63, 3.8) is 0 Å². The molecule has 0 bridgehead atoms. The van der Waals surface area contributed by atoms with Crippen LogP contribution in [0.1, 0.15) is 35.8 Å². The molecule has 2 heterocycles. The summed E-state index contributed by atoms with van der Waals surface area (Å²) in [6, 6.07) is 5.04. The quantitative estimate of drug-likeness (QED) is 0.397. The van der Waals surface area contributed by atoms with Gasteiger partial charge in [0, 0.05) is 24.2 Å². The highest BCUT2D eigenvalue weighted by molar-refractivity contribution is 7.13. The van der Waals surface area contributed by atoms with Crippen LogP contribution in [0.25, 0.3) is 10.6 Å². The van der Waals surface area contributed by atoms with Gasteiger partial charge in [0.15, 0.2) is 11.5 Å². The molecule has 0 amide bonds. The highest BCUT2D eigenvalue weighted by Gasteiger charge is 2.14. The maximum atomic E-state index is 12.4. The molecule has 0 aliphatic heterocycles. The smallest absolute Gasteiger partial charge is 0.338 e. The van der Waals surface area contributed by atoms with Crippen LogP contribution in [0.5, 0.6) is 11.5 Å². The van der Waals surface area contributed by atoms with Gasteiger partial charge in [0.25, 0.3) is 0 Å². The number of carbonyl (C=O) groups excluding carboxylic acids is 1. The molecule has 0 unspecified atom stereocenters. The Morgan fingerprint density at radius 2 is 2.14 bits per heavy atom. The average molecular weight is 401 g/mol. The number of hydrogen-bond donors (Lipinski definition) is 0. The van der Waals surface area contributed by atoms with E-state index < -0.39 is 5.97 Å². The van der Waals surface area contributed by atoms with Crippen LogP contribution in [0, 0.1) is 0 Å². The van der Waals surface area contributed by atoms with Gasteiger partial charge in [-0.05, 0) is 24.6 Å². The molecule has 0 radical (unpaired) electrons. The predicted molar refractivity (Wildman–Crippen MR) is 107 cm³/mol. The zero-order valence-corrected chi connectivity index (χ0v) is 17.0. The third kappa shape index (κ3) is 4.89. The molecule has 1 aromatic carbocycles. The van der Waals surface area contributed by atoms with E-state index in [2.05, 4.69) is 17.0 Å². The van der Waals surface area contributed by atoms with Crippen molar-refractivity contribution < 1.29 is 19.0 Å². The van der Waals surface area contributed by atoms with Gasteiger partial charge in [-0.1, -0.05) is 13.3 Å². The fourth-order valence-corrected chi connectivity index (χ4v) is 3.28. The number of aryl methyl sites for hydroxylation is 1. The van der Waals surface area contributed by atoms with E-state index in [0.29, 0.717) is 29.4 Å². The molecular weight excluding hydrogens is 378 g/mol. The van der Waals surface area contributed by atoms with Crippen LogP contribution in [-0.2, 0) is 18.4 Å². The van der Waals surface area contributed by atoms with Crippen molar-refractivity contribution >= 4 is 17.3 Å². The van der Waals surface area contributed by atoms with E-state index in [0.717, 1.165) is 23.4 Å². The lowest BCUT2D eigenvalue weighted by molar-refractivity contribution is 0.0468. The molecule has 0 aliphatic rings. The Hall–Kier alpha value is -2.87. The zero-order valence-electron chi connectivity index (χ0n) is 16.2. The minimum absolute atomic E-state index is 0.104. The molecule has 8 heteroatoms. The summed E-state index contributed by atoms with van der Waals surface area (Å²) in [5.74, 6) is 0.695. The van der Waals surface area contributed by atoms with Crippen molar-refractivity contribution in [2.24, 2.45) is 7.05 Å². The van der Waals surface area contributed by atoms with Crippen LogP contribution in [0.3, 0.4) is 0 Å².